The van der Waals surface area contributed by atoms with Crippen molar-refractivity contribution in [3.8, 4) is 0 Å². The summed E-state index contributed by atoms with van der Waals surface area (Å²) < 4.78 is 0. The molecule has 0 aromatic rings. The fourth-order valence-corrected chi connectivity index (χ4v) is 1.20. The van der Waals surface area contributed by atoms with Gasteiger partial charge >= 0.3 is 0 Å². The van der Waals surface area contributed by atoms with Crippen molar-refractivity contribution in [3.63, 3.8) is 0 Å². The normalized spacial score (nSPS) is 18.2. The fourth-order valence-electron chi connectivity index (χ4n) is 1.20. The Hall–Kier alpha value is -0.530. The topological polar surface area (TPSA) is 27.1 Å². The lowest BCUT2D eigenvalue weighted by Crippen LogP contribution is -2.32. The van der Waals surface area contributed by atoms with Crippen LogP contribution in [0.4, 0.5) is 0 Å². The molecule has 1 aliphatic carbocycles. The first-order valence-electron chi connectivity index (χ1n) is 3.96. The second kappa shape index (κ2) is 3.04. The molecule has 0 saturated heterocycles. The van der Waals surface area contributed by atoms with E-state index in [4.69, 9.17) is 5.41 Å². The molecule has 1 fully saturated rings. The molecule has 0 aliphatic heterocycles. The molecule has 0 heterocycles. The monoisotopic (exact) mass is 140 g/mol. The highest BCUT2D eigenvalue weighted by Gasteiger charge is 2.18. The van der Waals surface area contributed by atoms with Crippen LogP contribution in [-0.4, -0.2) is 24.3 Å². The second-order valence-electron chi connectivity index (χ2n) is 3.26. The predicted octanol–water partition coefficient (Wildman–Crippen LogP) is 1.72. The van der Waals surface area contributed by atoms with Gasteiger partial charge < -0.3 is 4.90 Å². The van der Waals surface area contributed by atoms with Gasteiger partial charge in [0, 0.05) is 13.6 Å². The van der Waals surface area contributed by atoms with Crippen molar-refractivity contribution in [3.05, 3.63) is 0 Å². The van der Waals surface area contributed by atoms with Gasteiger partial charge in [-0.05, 0) is 25.7 Å². The Morgan fingerprint density at radius 1 is 1.60 bits per heavy atom. The molecule has 0 aromatic heterocycles. The van der Waals surface area contributed by atoms with E-state index in [0.717, 1.165) is 12.5 Å². The van der Waals surface area contributed by atoms with Crippen LogP contribution in [0.2, 0.25) is 0 Å². The Morgan fingerprint density at radius 3 is 2.50 bits per heavy atom. The molecule has 10 heavy (non-hydrogen) atoms. The zero-order valence-electron chi connectivity index (χ0n) is 6.85. The van der Waals surface area contributed by atoms with Gasteiger partial charge in [-0.15, -0.1) is 0 Å². The highest BCUT2D eigenvalue weighted by molar-refractivity contribution is 5.75. The largest absolute Gasteiger partial charge is 0.364 e. The molecule has 0 atom stereocenters. The molecule has 0 spiro atoms. The maximum absolute atomic E-state index is 7.32. The minimum absolute atomic E-state index is 0.687. The highest BCUT2D eigenvalue weighted by Crippen LogP contribution is 2.26. The van der Waals surface area contributed by atoms with E-state index in [-0.39, 0.29) is 0 Å². The van der Waals surface area contributed by atoms with Crippen molar-refractivity contribution in [2.24, 2.45) is 5.92 Å². The van der Waals surface area contributed by atoms with Crippen LogP contribution in [0.25, 0.3) is 0 Å². The average molecular weight is 140 g/mol. The van der Waals surface area contributed by atoms with Gasteiger partial charge in [-0.1, -0.05) is 6.42 Å². The summed E-state index contributed by atoms with van der Waals surface area (Å²) in [6, 6.07) is 0. The Balaban J connectivity index is 2.16. The van der Waals surface area contributed by atoms with Crippen LogP contribution < -0.4 is 0 Å². The van der Waals surface area contributed by atoms with Gasteiger partial charge in [0.1, 0.15) is 0 Å². The summed E-state index contributed by atoms with van der Waals surface area (Å²) in [6.07, 6.45) is 4.14. The number of nitrogens with one attached hydrogen (secondary N) is 1. The molecule has 0 aromatic carbocycles. The van der Waals surface area contributed by atoms with E-state index >= 15 is 0 Å². The van der Waals surface area contributed by atoms with Crippen molar-refractivity contribution < 1.29 is 0 Å². The van der Waals surface area contributed by atoms with Gasteiger partial charge in [0.05, 0.1) is 5.84 Å². The van der Waals surface area contributed by atoms with Crippen molar-refractivity contribution in [2.75, 3.05) is 13.6 Å². The Kier molecular flexibility index (Phi) is 2.30. The quantitative estimate of drug-likeness (QED) is 0.459. The molecule has 2 heteroatoms. The smallest absolute Gasteiger partial charge is 0.0923 e. The maximum Gasteiger partial charge on any atom is 0.0923 e. The zero-order valence-corrected chi connectivity index (χ0v) is 6.85. The SMILES string of the molecule is CC(=N)N(C)CC1CCC1. The number of hydrogen-bond acceptors (Lipinski definition) is 1. The summed E-state index contributed by atoms with van der Waals surface area (Å²) in [5, 5.41) is 7.32. The van der Waals surface area contributed by atoms with E-state index < -0.39 is 0 Å². The van der Waals surface area contributed by atoms with E-state index in [0.29, 0.717) is 5.84 Å². The van der Waals surface area contributed by atoms with Crippen molar-refractivity contribution in [2.45, 2.75) is 26.2 Å². The minimum Gasteiger partial charge on any atom is -0.364 e. The average Bonchev–Trinajstić information content (AvgIpc) is 1.77. The highest BCUT2D eigenvalue weighted by atomic mass is 15.1. The van der Waals surface area contributed by atoms with Crippen LogP contribution in [0, 0.1) is 11.3 Å². The first-order valence-corrected chi connectivity index (χ1v) is 3.96. The van der Waals surface area contributed by atoms with Gasteiger partial charge in [0.15, 0.2) is 0 Å². The maximum atomic E-state index is 7.32. The van der Waals surface area contributed by atoms with Gasteiger partial charge in [0.2, 0.25) is 0 Å². The van der Waals surface area contributed by atoms with Crippen LogP contribution in [0.15, 0.2) is 0 Å². The molecule has 0 bridgehead atoms. The van der Waals surface area contributed by atoms with Crippen molar-refractivity contribution in [1.29, 1.82) is 5.41 Å². The summed E-state index contributed by atoms with van der Waals surface area (Å²) in [5.41, 5.74) is 0. The Bertz CT molecular complexity index is 127. The fraction of sp³-hybridized carbons (Fsp3) is 0.875. The lowest BCUT2D eigenvalue weighted by molar-refractivity contribution is 0.257. The Labute approximate surface area is 62.7 Å². The zero-order chi connectivity index (χ0) is 7.56. The first-order chi connectivity index (χ1) is 4.70. The van der Waals surface area contributed by atoms with Crippen LogP contribution in [-0.2, 0) is 0 Å². The summed E-state index contributed by atoms with van der Waals surface area (Å²) in [4.78, 5) is 2.03. The first kappa shape index (κ1) is 7.58. The van der Waals surface area contributed by atoms with Gasteiger partial charge in [-0.2, -0.15) is 0 Å². The third-order valence-corrected chi connectivity index (χ3v) is 2.33. The molecule has 58 valence electrons. The molecule has 1 saturated carbocycles. The van der Waals surface area contributed by atoms with Crippen molar-refractivity contribution in [1.82, 2.24) is 4.90 Å². The predicted molar refractivity (Wildman–Crippen MR) is 43.4 cm³/mol. The minimum atomic E-state index is 0.687. The lowest BCUT2D eigenvalue weighted by Gasteiger charge is -2.30. The van der Waals surface area contributed by atoms with E-state index in [1.165, 1.54) is 19.3 Å². The molecule has 0 amide bonds. The summed E-state index contributed by atoms with van der Waals surface area (Å²) in [7, 11) is 2.00. The standard InChI is InChI=1S/C8H16N2/c1-7(9)10(2)6-8-4-3-5-8/h8-9H,3-6H2,1-2H3. The van der Waals surface area contributed by atoms with Crippen LogP contribution in [0.3, 0.4) is 0 Å². The van der Waals surface area contributed by atoms with E-state index in [9.17, 15) is 0 Å². The number of hydrogen-bond donors (Lipinski definition) is 1. The van der Waals surface area contributed by atoms with E-state index in [1.807, 2.05) is 18.9 Å². The molecule has 0 radical (unpaired) electrons. The van der Waals surface area contributed by atoms with Gasteiger partial charge in [-0.25, -0.2) is 0 Å². The summed E-state index contributed by atoms with van der Waals surface area (Å²) in [6.45, 7) is 2.94. The van der Waals surface area contributed by atoms with Crippen LogP contribution in [0.1, 0.15) is 26.2 Å². The third-order valence-electron chi connectivity index (χ3n) is 2.33. The summed E-state index contributed by atoms with van der Waals surface area (Å²) >= 11 is 0. The molecule has 1 rings (SSSR count). The third kappa shape index (κ3) is 1.72. The molecule has 1 N–H and O–H groups in total. The molecular weight excluding hydrogens is 124 g/mol. The molecule has 0 unspecified atom stereocenters. The van der Waals surface area contributed by atoms with Crippen molar-refractivity contribution >= 4 is 5.84 Å². The van der Waals surface area contributed by atoms with E-state index in [1.54, 1.807) is 0 Å². The lowest BCUT2D eigenvalue weighted by atomic mass is 9.85. The molecule has 2 nitrogen and oxygen atoms in total. The number of nitrogens with zero attached hydrogens (tertiary/aromatic N) is 1. The van der Waals surface area contributed by atoms with Gasteiger partial charge in [0.25, 0.3) is 0 Å². The van der Waals surface area contributed by atoms with Crippen LogP contribution >= 0.6 is 0 Å². The number of rotatable bonds is 2. The molecular formula is C8H16N2. The Morgan fingerprint density at radius 2 is 2.20 bits per heavy atom. The number of amidine groups is 1. The molecule has 1 aliphatic rings. The summed E-state index contributed by atoms with van der Waals surface area (Å²) in [5.74, 6) is 1.57. The van der Waals surface area contributed by atoms with Crippen LogP contribution in [0.5, 0.6) is 0 Å². The second-order valence-corrected chi connectivity index (χ2v) is 3.26. The van der Waals surface area contributed by atoms with Gasteiger partial charge in [-0.3, -0.25) is 5.41 Å². The van der Waals surface area contributed by atoms with E-state index in [2.05, 4.69) is 0 Å².